The van der Waals surface area contributed by atoms with Crippen molar-refractivity contribution in [1.82, 2.24) is 5.32 Å². The molecule has 1 saturated carbocycles. The Labute approximate surface area is 106 Å². The van der Waals surface area contributed by atoms with Crippen LogP contribution in [-0.4, -0.2) is 12.6 Å². The lowest BCUT2D eigenvalue weighted by Gasteiger charge is -2.21. The van der Waals surface area contributed by atoms with Gasteiger partial charge in [0.25, 0.3) is 0 Å². The van der Waals surface area contributed by atoms with Gasteiger partial charge in [-0.2, -0.15) is 0 Å². The molecule has 1 atom stereocenters. The van der Waals surface area contributed by atoms with Gasteiger partial charge in [-0.25, -0.2) is 0 Å². The molecule has 2 rings (SSSR count). The molecule has 94 valence electrons. The van der Waals surface area contributed by atoms with Crippen molar-refractivity contribution in [3.8, 4) is 0 Å². The summed E-state index contributed by atoms with van der Waals surface area (Å²) in [6.45, 7) is 3.30. The highest BCUT2D eigenvalue weighted by Crippen LogP contribution is 2.29. The maximum Gasteiger partial charge on any atom is 0.0110 e. The fraction of sp³-hybridized carbons (Fsp3) is 0.625. The second-order valence-electron chi connectivity index (χ2n) is 5.33. The second-order valence-corrected chi connectivity index (χ2v) is 5.33. The minimum absolute atomic E-state index is 0.672. The number of hydrogen-bond acceptors (Lipinski definition) is 1. The minimum Gasteiger partial charge on any atom is -0.314 e. The van der Waals surface area contributed by atoms with Crippen LogP contribution in [0.4, 0.5) is 0 Å². The van der Waals surface area contributed by atoms with Gasteiger partial charge in [0.1, 0.15) is 0 Å². The fourth-order valence-electron chi connectivity index (χ4n) is 3.07. The molecule has 0 saturated heterocycles. The SMILES string of the molecule is CCNC(Cc1ccccc1)CC1CCCC1. The Morgan fingerprint density at radius 2 is 1.88 bits per heavy atom. The van der Waals surface area contributed by atoms with E-state index in [1.165, 1.54) is 44.1 Å². The monoisotopic (exact) mass is 231 g/mol. The number of nitrogens with one attached hydrogen (secondary N) is 1. The summed E-state index contributed by atoms with van der Waals surface area (Å²) in [7, 11) is 0. The summed E-state index contributed by atoms with van der Waals surface area (Å²) in [4.78, 5) is 0. The van der Waals surface area contributed by atoms with E-state index < -0.39 is 0 Å². The zero-order valence-corrected chi connectivity index (χ0v) is 11.0. The molecule has 1 heteroatoms. The highest BCUT2D eigenvalue weighted by atomic mass is 14.9. The molecule has 1 unspecified atom stereocenters. The van der Waals surface area contributed by atoms with Crippen LogP contribution in [0.15, 0.2) is 30.3 Å². The van der Waals surface area contributed by atoms with Crippen molar-refractivity contribution in [2.75, 3.05) is 6.54 Å². The number of hydrogen-bond donors (Lipinski definition) is 1. The van der Waals surface area contributed by atoms with Gasteiger partial charge >= 0.3 is 0 Å². The van der Waals surface area contributed by atoms with Gasteiger partial charge in [0.05, 0.1) is 0 Å². The third kappa shape index (κ3) is 4.16. The molecule has 0 bridgehead atoms. The molecule has 1 aliphatic rings. The van der Waals surface area contributed by atoms with E-state index in [0.29, 0.717) is 6.04 Å². The van der Waals surface area contributed by atoms with Crippen LogP contribution in [0.25, 0.3) is 0 Å². The first kappa shape index (κ1) is 12.6. The largest absolute Gasteiger partial charge is 0.314 e. The average Bonchev–Trinajstić information content (AvgIpc) is 2.83. The molecule has 1 nitrogen and oxygen atoms in total. The molecule has 0 radical (unpaired) electrons. The van der Waals surface area contributed by atoms with E-state index in [0.717, 1.165) is 12.5 Å². The van der Waals surface area contributed by atoms with Gasteiger partial charge < -0.3 is 5.32 Å². The molecular weight excluding hydrogens is 206 g/mol. The van der Waals surface area contributed by atoms with Gasteiger partial charge in [-0.15, -0.1) is 0 Å². The Morgan fingerprint density at radius 3 is 2.53 bits per heavy atom. The first-order valence-corrected chi connectivity index (χ1v) is 7.15. The summed E-state index contributed by atoms with van der Waals surface area (Å²) in [5.74, 6) is 0.975. The third-order valence-corrected chi connectivity index (χ3v) is 3.91. The van der Waals surface area contributed by atoms with Gasteiger partial charge in [-0.1, -0.05) is 62.9 Å². The summed E-state index contributed by atoms with van der Waals surface area (Å²) < 4.78 is 0. The molecule has 0 spiro atoms. The number of rotatable bonds is 6. The molecule has 0 amide bonds. The van der Waals surface area contributed by atoms with Crippen molar-refractivity contribution in [2.45, 2.75) is 51.5 Å². The Bertz CT molecular complexity index is 301. The van der Waals surface area contributed by atoms with Crippen LogP contribution >= 0.6 is 0 Å². The maximum absolute atomic E-state index is 3.66. The number of likely N-dealkylation sites (N-methyl/N-ethyl adjacent to an activating group) is 1. The molecule has 1 aromatic carbocycles. The first-order chi connectivity index (χ1) is 8.38. The molecule has 1 N–H and O–H groups in total. The van der Waals surface area contributed by atoms with Crippen LogP contribution in [0, 0.1) is 5.92 Å². The summed E-state index contributed by atoms with van der Waals surface area (Å²) in [6.07, 6.45) is 8.37. The van der Waals surface area contributed by atoms with E-state index in [2.05, 4.69) is 42.6 Å². The lowest BCUT2D eigenvalue weighted by atomic mass is 9.94. The van der Waals surface area contributed by atoms with Gasteiger partial charge in [-0.05, 0) is 30.9 Å². The van der Waals surface area contributed by atoms with Gasteiger partial charge in [0, 0.05) is 6.04 Å². The van der Waals surface area contributed by atoms with Crippen LogP contribution in [0.3, 0.4) is 0 Å². The Kier molecular flexibility index (Phi) is 5.06. The Hall–Kier alpha value is -0.820. The Balaban J connectivity index is 1.87. The molecule has 17 heavy (non-hydrogen) atoms. The van der Waals surface area contributed by atoms with Crippen molar-refractivity contribution in [3.05, 3.63) is 35.9 Å². The second kappa shape index (κ2) is 6.80. The fourth-order valence-corrected chi connectivity index (χ4v) is 3.07. The summed E-state index contributed by atoms with van der Waals surface area (Å²) in [5, 5.41) is 3.66. The van der Waals surface area contributed by atoms with E-state index in [1.807, 2.05) is 0 Å². The highest BCUT2D eigenvalue weighted by Gasteiger charge is 2.19. The zero-order chi connectivity index (χ0) is 11.9. The average molecular weight is 231 g/mol. The van der Waals surface area contributed by atoms with Crippen molar-refractivity contribution in [1.29, 1.82) is 0 Å². The van der Waals surface area contributed by atoms with Gasteiger partial charge in [0.15, 0.2) is 0 Å². The molecule has 1 aromatic rings. The topological polar surface area (TPSA) is 12.0 Å². The van der Waals surface area contributed by atoms with Crippen molar-refractivity contribution < 1.29 is 0 Å². The lowest BCUT2D eigenvalue weighted by Crippen LogP contribution is -2.32. The molecule has 0 aliphatic heterocycles. The smallest absolute Gasteiger partial charge is 0.0110 e. The Morgan fingerprint density at radius 1 is 1.18 bits per heavy atom. The van der Waals surface area contributed by atoms with Crippen LogP contribution in [0.5, 0.6) is 0 Å². The normalized spacial score (nSPS) is 18.4. The predicted molar refractivity (Wildman–Crippen MR) is 74.2 cm³/mol. The van der Waals surface area contributed by atoms with Crippen LogP contribution in [0.1, 0.15) is 44.6 Å². The van der Waals surface area contributed by atoms with Gasteiger partial charge in [0.2, 0.25) is 0 Å². The van der Waals surface area contributed by atoms with Crippen molar-refractivity contribution >= 4 is 0 Å². The van der Waals surface area contributed by atoms with E-state index in [9.17, 15) is 0 Å². The van der Waals surface area contributed by atoms with E-state index in [4.69, 9.17) is 0 Å². The molecular formula is C16H25N. The molecule has 1 aliphatic carbocycles. The van der Waals surface area contributed by atoms with Crippen LogP contribution in [0.2, 0.25) is 0 Å². The highest BCUT2D eigenvalue weighted by molar-refractivity contribution is 5.15. The van der Waals surface area contributed by atoms with Crippen LogP contribution < -0.4 is 5.32 Å². The third-order valence-electron chi connectivity index (χ3n) is 3.91. The zero-order valence-electron chi connectivity index (χ0n) is 11.0. The van der Waals surface area contributed by atoms with E-state index >= 15 is 0 Å². The minimum atomic E-state index is 0.672. The molecule has 1 fully saturated rings. The van der Waals surface area contributed by atoms with Crippen molar-refractivity contribution in [3.63, 3.8) is 0 Å². The summed E-state index contributed by atoms with van der Waals surface area (Å²) in [5.41, 5.74) is 1.47. The van der Waals surface area contributed by atoms with E-state index in [-0.39, 0.29) is 0 Å². The lowest BCUT2D eigenvalue weighted by molar-refractivity contribution is 0.390. The number of benzene rings is 1. The van der Waals surface area contributed by atoms with E-state index in [1.54, 1.807) is 0 Å². The summed E-state index contributed by atoms with van der Waals surface area (Å²) in [6, 6.07) is 11.6. The quantitative estimate of drug-likeness (QED) is 0.785. The molecule has 0 heterocycles. The predicted octanol–water partition coefficient (Wildman–Crippen LogP) is 3.79. The van der Waals surface area contributed by atoms with Crippen molar-refractivity contribution in [2.24, 2.45) is 5.92 Å². The standard InChI is InChI=1S/C16H25N/c1-2-17-16(13-15-10-6-7-11-15)12-14-8-4-3-5-9-14/h3-5,8-9,15-17H,2,6-7,10-13H2,1H3. The van der Waals surface area contributed by atoms with Gasteiger partial charge in [-0.3, -0.25) is 0 Å². The molecule has 0 aromatic heterocycles. The summed E-state index contributed by atoms with van der Waals surface area (Å²) >= 11 is 0. The maximum atomic E-state index is 3.66. The first-order valence-electron chi connectivity index (χ1n) is 7.15. The van der Waals surface area contributed by atoms with Crippen LogP contribution in [-0.2, 0) is 6.42 Å².